The molecule has 1 heterocycles. The van der Waals surface area contributed by atoms with Crippen molar-refractivity contribution in [2.45, 2.75) is 11.3 Å². The first-order valence-corrected chi connectivity index (χ1v) is 9.60. The molecule has 150 valence electrons. The third-order valence-corrected chi connectivity index (χ3v) is 5.32. The SMILES string of the molecule is Cn1nnnc1SC[C@H](O)CN(C=O)c1ccc(-c2ccc(C=O)cc2)c(F)c1. The summed E-state index contributed by atoms with van der Waals surface area (Å²) in [5, 5.41) is 21.8. The van der Waals surface area contributed by atoms with Crippen molar-refractivity contribution in [1.29, 1.82) is 0 Å². The van der Waals surface area contributed by atoms with Gasteiger partial charge in [-0.15, -0.1) is 5.10 Å². The van der Waals surface area contributed by atoms with Gasteiger partial charge in [0.05, 0.1) is 12.6 Å². The zero-order valence-corrected chi connectivity index (χ0v) is 16.3. The molecule has 1 amide bonds. The first-order chi connectivity index (χ1) is 14.0. The van der Waals surface area contributed by atoms with E-state index >= 15 is 0 Å². The average Bonchev–Trinajstić information content (AvgIpc) is 3.15. The van der Waals surface area contributed by atoms with Gasteiger partial charge >= 0.3 is 0 Å². The number of benzene rings is 2. The predicted molar refractivity (Wildman–Crippen MR) is 106 cm³/mol. The monoisotopic (exact) mass is 415 g/mol. The van der Waals surface area contributed by atoms with E-state index < -0.39 is 11.9 Å². The minimum absolute atomic E-state index is 0.00536. The third-order valence-electron chi connectivity index (χ3n) is 4.16. The Balaban J connectivity index is 1.68. The van der Waals surface area contributed by atoms with E-state index in [0.29, 0.717) is 33.9 Å². The minimum Gasteiger partial charge on any atom is -0.390 e. The highest BCUT2D eigenvalue weighted by Crippen LogP contribution is 2.27. The number of thioether (sulfide) groups is 1. The van der Waals surface area contributed by atoms with Crippen LogP contribution in [0.2, 0.25) is 0 Å². The average molecular weight is 415 g/mol. The summed E-state index contributed by atoms with van der Waals surface area (Å²) >= 11 is 1.25. The van der Waals surface area contributed by atoms with Crippen molar-refractivity contribution in [3.05, 3.63) is 53.8 Å². The number of halogens is 1. The summed E-state index contributed by atoms with van der Waals surface area (Å²) < 4.78 is 16.1. The second kappa shape index (κ2) is 9.39. The number of aromatic nitrogens is 4. The quantitative estimate of drug-likeness (QED) is 0.421. The highest BCUT2D eigenvalue weighted by atomic mass is 32.2. The fourth-order valence-electron chi connectivity index (χ4n) is 2.66. The predicted octanol–water partition coefficient (Wildman–Crippen LogP) is 1.94. The lowest BCUT2D eigenvalue weighted by Gasteiger charge is -2.21. The van der Waals surface area contributed by atoms with Gasteiger partial charge in [0.25, 0.3) is 0 Å². The molecular formula is C19H18FN5O3S. The van der Waals surface area contributed by atoms with Crippen LogP contribution in [-0.2, 0) is 11.8 Å². The van der Waals surface area contributed by atoms with Gasteiger partial charge in [-0.3, -0.25) is 9.59 Å². The van der Waals surface area contributed by atoms with E-state index in [1.54, 1.807) is 43.4 Å². The van der Waals surface area contributed by atoms with E-state index in [1.165, 1.54) is 27.4 Å². The second-order valence-corrected chi connectivity index (χ2v) is 7.20. The first kappa shape index (κ1) is 20.6. The van der Waals surface area contributed by atoms with Gasteiger partial charge in [0.15, 0.2) is 0 Å². The second-order valence-electron chi connectivity index (χ2n) is 6.21. The van der Waals surface area contributed by atoms with E-state index in [9.17, 15) is 19.1 Å². The summed E-state index contributed by atoms with van der Waals surface area (Å²) in [6.45, 7) is -0.00536. The van der Waals surface area contributed by atoms with Gasteiger partial charge in [0.1, 0.15) is 12.1 Å². The van der Waals surface area contributed by atoms with Crippen molar-refractivity contribution >= 4 is 30.1 Å². The van der Waals surface area contributed by atoms with Crippen molar-refractivity contribution in [1.82, 2.24) is 20.2 Å². The number of carbonyl (C=O) groups is 2. The van der Waals surface area contributed by atoms with Gasteiger partial charge in [-0.25, -0.2) is 9.07 Å². The summed E-state index contributed by atoms with van der Waals surface area (Å²) in [6, 6.07) is 10.9. The number of tetrazole rings is 1. The van der Waals surface area contributed by atoms with Crippen LogP contribution in [0.1, 0.15) is 10.4 Å². The van der Waals surface area contributed by atoms with E-state index in [1.807, 2.05) is 0 Å². The molecule has 0 bridgehead atoms. The van der Waals surface area contributed by atoms with Crippen LogP contribution < -0.4 is 4.90 Å². The smallest absolute Gasteiger partial charge is 0.214 e. The molecule has 10 heteroatoms. The first-order valence-electron chi connectivity index (χ1n) is 8.62. The molecule has 0 fully saturated rings. The van der Waals surface area contributed by atoms with E-state index in [-0.39, 0.29) is 12.3 Å². The molecule has 29 heavy (non-hydrogen) atoms. The van der Waals surface area contributed by atoms with Crippen LogP contribution in [0.4, 0.5) is 10.1 Å². The van der Waals surface area contributed by atoms with Crippen molar-refractivity contribution in [3.63, 3.8) is 0 Å². The molecule has 0 saturated heterocycles. The molecule has 0 unspecified atom stereocenters. The Kier molecular flexibility index (Phi) is 6.68. The highest BCUT2D eigenvalue weighted by molar-refractivity contribution is 7.99. The van der Waals surface area contributed by atoms with E-state index in [2.05, 4.69) is 15.5 Å². The lowest BCUT2D eigenvalue weighted by Crippen LogP contribution is -2.32. The van der Waals surface area contributed by atoms with Crippen molar-refractivity contribution in [2.24, 2.45) is 7.05 Å². The number of aliphatic hydroxyl groups is 1. The fraction of sp³-hybridized carbons (Fsp3) is 0.211. The molecule has 3 aromatic rings. The van der Waals surface area contributed by atoms with Gasteiger partial charge < -0.3 is 10.0 Å². The summed E-state index contributed by atoms with van der Waals surface area (Å²) in [7, 11) is 1.68. The molecular weight excluding hydrogens is 397 g/mol. The van der Waals surface area contributed by atoms with Gasteiger partial charge in [-0.05, 0) is 34.2 Å². The molecule has 0 radical (unpaired) electrons. The van der Waals surface area contributed by atoms with E-state index in [0.717, 1.165) is 6.29 Å². The molecule has 1 aromatic heterocycles. The molecule has 0 aliphatic carbocycles. The van der Waals surface area contributed by atoms with Crippen LogP contribution >= 0.6 is 11.8 Å². The molecule has 0 aliphatic heterocycles. The number of carbonyl (C=O) groups excluding carboxylic acids is 2. The minimum atomic E-state index is -0.861. The number of aryl methyl sites for hydroxylation is 1. The lowest BCUT2D eigenvalue weighted by molar-refractivity contribution is -0.107. The van der Waals surface area contributed by atoms with Gasteiger partial charge in [-0.1, -0.05) is 36.0 Å². The Morgan fingerprint density at radius 1 is 1.24 bits per heavy atom. The Morgan fingerprint density at radius 2 is 2.00 bits per heavy atom. The summed E-state index contributed by atoms with van der Waals surface area (Å²) in [5.41, 5.74) is 1.80. The van der Waals surface area contributed by atoms with Crippen molar-refractivity contribution in [3.8, 4) is 11.1 Å². The third kappa shape index (κ3) is 5.04. The number of rotatable bonds is 9. The van der Waals surface area contributed by atoms with Gasteiger partial charge in [0.2, 0.25) is 11.6 Å². The Labute approximate surface area is 170 Å². The van der Waals surface area contributed by atoms with E-state index in [4.69, 9.17) is 0 Å². The van der Waals surface area contributed by atoms with Crippen LogP contribution in [0.3, 0.4) is 0 Å². The number of hydrogen-bond acceptors (Lipinski definition) is 7. The van der Waals surface area contributed by atoms with Gasteiger partial charge in [-0.2, -0.15) is 0 Å². The summed E-state index contributed by atoms with van der Waals surface area (Å²) in [4.78, 5) is 23.5. The number of aldehydes is 1. The van der Waals surface area contributed by atoms with Crippen LogP contribution in [-0.4, -0.2) is 56.4 Å². The topological polar surface area (TPSA) is 101 Å². The lowest BCUT2D eigenvalue weighted by atomic mass is 10.0. The van der Waals surface area contributed by atoms with Crippen molar-refractivity contribution < 1.29 is 19.1 Å². The Hall–Kier alpha value is -3.11. The van der Waals surface area contributed by atoms with Crippen LogP contribution in [0.15, 0.2) is 47.6 Å². The van der Waals surface area contributed by atoms with Crippen LogP contribution in [0, 0.1) is 5.82 Å². The fourth-order valence-corrected chi connectivity index (χ4v) is 3.43. The number of anilines is 1. The number of hydrogen-bond donors (Lipinski definition) is 1. The normalized spacial score (nSPS) is 11.8. The molecule has 0 saturated carbocycles. The summed E-state index contributed by atoms with van der Waals surface area (Å²) in [5.74, 6) is -0.246. The van der Waals surface area contributed by atoms with Crippen LogP contribution in [0.25, 0.3) is 11.1 Å². The maximum Gasteiger partial charge on any atom is 0.214 e. The molecule has 2 aromatic carbocycles. The number of amides is 1. The maximum atomic E-state index is 14.6. The summed E-state index contributed by atoms with van der Waals surface area (Å²) in [6.07, 6.45) is 0.404. The zero-order valence-electron chi connectivity index (χ0n) is 15.5. The zero-order chi connectivity index (χ0) is 20.8. The van der Waals surface area contributed by atoms with Gasteiger partial charge in [0, 0.05) is 29.6 Å². The number of nitrogens with zero attached hydrogens (tertiary/aromatic N) is 5. The van der Waals surface area contributed by atoms with Crippen LogP contribution in [0.5, 0.6) is 0 Å². The molecule has 0 spiro atoms. The number of aliphatic hydroxyl groups excluding tert-OH is 1. The molecule has 1 N–H and O–H groups in total. The molecule has 8 nitrogen and oxygen atoms in total. The standard InChI is InChI=1S/C19H18FN5O3S/c1-24-19(21-22-23-24)29-11-16(28)9-25(12-27)15-6-7-17(18(20)8-15)14-4-2-13(10-26)3-5-14/h2-8,10,12,16,28H,9,11H2,1H3/t16-/m1/s1. The molecule has 0 aliphatic rings. The Bertz CT molecular complexity index is 996. The largest absolute Gasteiger partial charge is 0.390 e. The molecule has 3 rings (SSSR count). The van der Waals surface area contributed by atoms with Crippen molar-refractivity contribution in [2.75, 3.05) is 17.2 Å². The Morgan fingerprint density at radius 3 is 2.59 bits per heavy atom. The molecule has 1 atom stereocenters. The highest BCUT2D eigenvalue weighted by Gasteiger charge is 2.16. The maximum absolute atomic E-state index is 14.6.